The maximum atomic E-state index is 9.74. The Morgan fingerprint density at radius 3 is 3.16 bits per heavy atom. The van der Waals surface area contributed by atoms with Crippen LogP contribution in [0.3, 0.4) is 0 Å². The van der Waals surface area contributed by atoms with Crippen molar-refractivity contribution in [2.75, 3.05) is 32.8 Å². The van der Waals surface area contributed by atoms with Gasteiger partial charge in [0.05, 0.1) is 6.61 Å². The van der Waals surface area contributed by atoms with Gasteiger partial charge in [-0.25, -0.2) is 0 Å². The van der Waals surface area contributed by atoms with E-state index in [4.69, 9.17) is 15.0 Å². The predicted molar refractivity (Wildman–Crippen MR) is 68.4 cm³/mol. The molecule has 2 heterocycles. The van der Waals surface area contributed by atoms with Gasteiger partial charge < -0.3 is 20.1 Å². The van der Waals surface area contributed by atoms with E-state index >= 15 is 0 Å². The average Bonchev–Trinajstić information content (AvgIpc) is 2.89. The Balaban J connectivity index is 1.97. The van der Waals surface area contributed by atoms with Gasteiger partial charge in [0, 0.05) is 13.1 Å². The van der Waals surface area contributed by atoms with E-state index in [1.54, 1.807) is 0 Å². The van der Waals surface area contributed by atoms with Crippen molar-refractivity contribution in [1.82, 2.24) is 15.0 Å². The van der Waals surface area contributed by atoms with Gasteiger partial charge in [0.1, 0.15) is 12.2 Å². The Morgan fingerprint density at radius 2 is 2.42 bits per heavy atom. The number of aliphatic hydroxyl groups excluding tert-OH is 1. The number of rotatable bonds is 6. The molecule has 1 aromatic heterocycles. The van der Waals surface area contributed by atoms with Crippen LogP contribution in [0.15, 0.2) is 4.52 Å². The Kier molecular flexibility index (Phi) is 5.26. The number of aromatic nitrogens is 2. The van der Waals surface area contributed by atoms with Gasteiger partial charge in [-0.3, -0.25) is 4.90 Å². The van der Waals surface area contributed by atoms with Crippen LogP contribution in [0.4, 0.5) is 0 Å². The summed E-state index contributed by atoms with van der Waals surface area (Å²) in [5, 5.41) is 13.6. The van der Waals surface area contributed by atoms with E-state index in [9.17, 15) is 5.11 Å². The van der Waals surface area contributed by atoms with E-state index in [-0.39, 0.29) is 12.0 Å². The number of nitrogens with zero attached hydrogens (tertiary/aromatic N) is 3. The number of nitrogens with two attached hydrogens (primary N) is 1. The summed E-state index contributed by atoms with van der Waals surface area (Å²) in [6.45, 7) is 5.94. The Bertz CT molecular complexity index is 383. The molecule has 0 aromatic carbocycles. The third-order valence-corrected chi connectivity index (χ3v) is 3.16. The number of morpholine rings is 1. The standard InChI is InChI=1S/C12H22N4O3/c1-2-5-16-6-7-18-10(8-16)11-14-12(19-15-11)9(17)3-4-13/h9-10,17H,2-8,13H2,1H3. The fraction of sp³-hybridized carbons (Fsp3) is 0.833. The molecule has 2 rings (SSSR count). The molecule has 2 unspecified atom stereocenters. The molecule has 7 heteroatoms. The average molecular weight is 270 g/mol. The van der Waals surface area contributed by atoms with Crippen LogP contribution < -0.4 is 5.73 Å². The van der Waals surface area contributed by atoms with E-state index in [0.29, 0.717) is 25.4 Å². The second kappa shape index (κ2) is 6.95. The van der Waals surface area contributed by atoms with Crippen molar-refractivity contribution in [3.8, 4) is 0 Å². The molecule has 3 N–H and O–H groups in total. The minimum Gasteiger partial charge on any atom is -0.383 e. The SMILES string of the molecule is CCCN1CCOC(c2noc(C(O)CCN)n2)C1. The summed E-state index contributed by atoms with van der Waals surface area (Å²) in [4.78, 5) is 6.53. The molecule has 108 valence electrons. The molecule has 1 saturated heterocycles. The normalized spacial score (nSPS) is 22.6. The first-order chi connectivity index (χ1) is 9.24. The van der Waals surface area contributed by atoms with E-state index in [2.05, 4.69) is 22.0 Å². The molecule has 1 aromatic rings. The topological polar surface area (TPSA) is 97.6 Å². The van der Waals surface area contributed by atoms with Crippen LogP contribution in [0, 0.1) is 0 Å². The lowest BCUT2D eigenvalue weighted by Crippen LogP contribution is -2.39. The molecule has 1 aliphatic heterocycles. The monoisotopic (exact) mass is 270 g/mol. The summed E-state index contributed by atoms with van der Waals surface area (Å²) in [5.41, 5.74) is 5.39. The lowest BCUT2D eigenvalue weighted by Gasteiger charge is -2.30. The molecule has 0 bridgehead atoms. The molecule has 2 atom stereocenters. The Hall–Kier alpha value is -1.02. The Morgan fingerprint density at radius 1 is 1.58 bits per heavy atom. The maximum Gasteiger partial charge on any atom is 0.255 e. The number of aliphatic hydroxyl groups is 1. The zero-order valence-corrected chi connectivity index (χ0v) is 11.3. The summed E-state index contributed by atoms with van der Waals surface area (Å²) in [7, 11) is 0. The fourth-order valence-corrected chi connectivity index (χ4v) is 2.17. The summed E-state index contributed by atoms with van der Waals surface area (Å²) >= 11 is 0. The third kappa shape index (κ3) is 3.73. The fourth-order valence-electron chi connectivity index (χ4n) is 2.17. The van der Waals surface area contributed by atoms with Crippen LogP contribution >= 0.6 is 0 Å². The second-order valence-corrected chi connectivity index (χ2v) is 4.74. The molecule has 0 radical (unpaired) electrons. The minimum absolute atomic E-state index is 0.178. The van der Waals surface area contributed by atoms with Crippen molar-refractivity contribution in [2.45, 2.75) is 32.0 Å². The molecule has 0 spiro atoms. The molecular weight excluding hydrogens is 248 g/mol. The van der Waals surface area contributed by atoms with Gasteiger partial charge in [0.25, 0.3) is 5.89 Å². The largest absolute Gasteiger partial charge is 0.383 e. The zero-order valence-electron chi connectivity index (χ0n) is 11.3. The van der Waals surface area contributed by atoms with Crippen molar-refractivity contribution in [3.63, 3.8) is 0 Å². The number of hydrogen-bond acceptors (Lipinski definition) is 7. The van der Waals surface area contributed by atoms with Crippen molar-refractivity contribution in [1.29, 1.82) is 0 Å². The molecular formula is C12H22N4O3. The van der Waals surface area contributed by atoms with E-state index in [1.807, 2.05) is 0 Å². The highest BCUT2D eigenvalue weighted by Crippen LogP contribution is 2.22. The lowest BCUT2D eigenvalue weighted by molar-refractivity contribution is -0.0350. The van der Waals surface area contributed by atoms with Gasteiger partial charge in [-0.15, -0.1) is 0 Å². The summed E-state index contributed by atoms with van der Waals surface area (Å²) in [6.07, 6.45) is 0.554. The van der Waals surface area contributed by atoms with E-state index in [0.717, 1.165) is 26.1 Å². The highest BCUT2D eigenvalue weighted by atomic mass is 16.5. The van der Waals surface area contributed by atoms with Gasteiger partial charge >= 0.3 is 0 Å². The van der Waals surface area contributed by atoms with Crippen molar-refractivity contribution in [2.24, 2.45) is 5.73 Å². The molecule has 1 fully saturated rings. The van der Waals surface area contributed by atoms with E-state index in [1.165, 1.54) is 0 Å². The first-order valence-electron chi connectivity index (χ1n) is 6.80. The number of hydrogen-bond donors (Lipinski definition) is 2. The predicted octanol–water partition coefficient (Wildman–Crippen LogP) is 0.235. The van der Waals surface area contributed by atoms with Crippen LogP contribution in [0.5, 0.6) is 0 Å². The molecule has 0 saturated carbocycles. The highest BCUT2D eigenvalue weighted by molar-refractivity contribution is 4.96. The van der Waals surface area contributed by atoms with Gasteiger partial charge in [-0.2, -0.15) is 4.98 Å². The highest BCUT2D eigenvalue weighted by Gasteiger charge is 2.27. The summed E-state index contributed by atoms with van der Waals surface area (Å²) < 4.78 is 10.7. The van der Waals surface area contributed by atoms with Gasteiger partial charge in [0.2, 0.25) is 5.82 Å². The molecule has 0 aliphatic carbocycles. The molecule has 1 aliphatic rings. The van der Waals surface area contributed by atoms with Gasteiger partial charge in [-0.1, -0.05) is 12.1 Å². The van der Waals surface area contributed by atoms with Crippen LogP contribution in [0.1, 0.15) is 43.7 Å². The Labute approximate surface area is 112 Å². The van der Waals surface area contributed by atoms with Gasteiger partial charge in [-0.05, 0) is 25.9 Å². The zero-order chi connectivity index (χ0) is 13.7. The van der Waals surface area contributed by atoms with Crippen molar-refractivity contribution < 1.29 is 14.4 Å². The first-order valence-corrected chi connectivity index (χ1v) is 6.80. The second-order valence-electron chi connectivity index (χ2n) is 4.74. The molecule has 7 nitrogen and oxygen atoms in total. The smallest absolute Gasteiger partial charge is 0.255 e. The number of ether oxygens (including phenoxy) is 1. The lowest BCUT2D eigenvalue weighted by atomic mass is 10.2. The van der Waals surface area contributed by atoms with Crippen molar-refractivity contribution >= 4 is 0 Å². The van der Waals surface area contributed by atoms with E-state index < -0.39 is 6.10 Å². The van der Waals surface area contributed by atoms with Crippen LogP contribution in [-0.2, 0) is 4.74 Å². The van der Waals surface area contributed by atoms with Gasteiger partial charge in [0.15, 0.2) is 0 Å². The van der Waals surface area contributed by atoms with Crippen LogP contribution in [0.25, 0.3) is 0 Å². The third-order valence-electron chi connectivity index (χ3n) is 3.16. The first kappa shape index (κ1) is 14.4. The maximum absolute atomic E-state index is 9.74. The molecule has 0 amide bonds. The van der Waals surface area contributed by atoms with Crippen molar-refractivity contribution in [3.05, 3.63) is 11.7 Å². The van der Waals surface area contributed by atoms with Crippen LogP contribution in [-0.4, -0.2) is 52.9 Å². The summed E-state index contributed by atoms with van der Waals surface area (Å²) in [6, 6.07) is 0. The quantitative estimate of drug-likeness (QED) is 0.763. The summed E-state index contributed by atoms with van der Waals surface area (Å²) in [5.74, 6) is 0.725. The van der Waals surface area contributed by atoms with Crippen LogP contribution in [0.2, 0.25) is 0 Å². The minimum atomic E-state index is -0.790. The molecule has 19 heavy (non-hydrogen) atoms.